The van der Waals surface area contributed by atoms with Crippen molar-refractivity contribution in [1.29, 1.82) is 0 Å². The van der Waals surface area contributed by atoms with Gasteiger partial charge in [-0.1, -0.05) is 192 Å². The van der Waals surface area contributed by atoms with E-state index >= 15 is 0 Å². The lowest BCUT2D eigenvalue weighted by molar-refractivity contribution is 1.01. The molecule has 0 amide bonds. The molecule has 2 aliphatic carbocycles. The Balaban J connectivity index is 1.34. The number of fused-ring (bicyclic) bond motifs is 3. The van der Waals surface area contributed by atoms with E-state index in [1.807, 2.05) is 11.3 Å². The molecule has 0 saturated heterocycles. The fourth-order valence-corrected chi connectivity index (χ4v) is 20.1. The van der Waals surface area contributed by atoms with E-state index in [4.69, 9.17) is 0 Å². The molecule has 2 aliphatic rings. The van der Waals surface area contributed by atoms with Gasteiger partial charge in [0.15, 0.2) is 16.1 Å². The van der Waals surface area contributed by atoms with Gasteiger partial charge < -0.3 is 0 Å². The van der Waals surface area contributed by atoms with Gasteiger partial charge in [0.05, 0.1) is 0 Å². The summed E-state index contributed by atoms with van der Waals surface area (Å²) in [6.45, 7) is 0. The second-order valence-electron chi connectivity index (χ2n) is 13.8. The van der Waals surface area contributed by atoms with E-state index in [2.05, 4.69) is 194 Å². The molecule has 6 aromatic carbocycles. The van der Waals surface area contributed by atoms with Crippen LogP contribution in [0.15, 0.2) is 205 Å². The normalized spacial score (nSPS) is 14.8. The van der Waals surface area contributed by atoms with Crippen molar-refractivity contribution >= 4 is 78.8 Å². The molecule has 0 saturated carbocycles. The van der Waals surface area contributed by atoms with Crippen LogP contribution < -0.4 is 31.1 Å². The van der Waals surface area contributed by atoms with E-state index < -0.39 is 16.1 Å². The van der Waals surface area contributed by atoms with Crippen LogP contribution in [-0.2, 0) is 0 Å². The van der Waals surface area contributed by atoms with E-state index in [0.717, 1.165) is 25.7 Å². The standard InChI is InChI=1S/C48H40SSi2/c1-7-19-37(20-8-1)50(38-21-9-2-10-22-38,39-23-11-3-12-24-39)43-31-33-47-45(35-43)46-36-44(32-34-48(46)49-47)51(40-25-13-4-14-26-40,41-27-15-5-16-28-41)42-29-17-6-18-30-42/h1-11,13-17,19-23,25-29,31-36H,12,18,24,30H2. The first-order valence-electron chi connectivity index (χ1n) is 18.2. The Morgan fingerprint density at radius 1 is 0.373 bits per heavy atom. The van der Waals surface area contributed by atoms with Gasteiger partial charge in [0.1, 0.15) is 0 Å². The average molecular weight is 705 g/mol. The molecule has 9 rings (SSSR count). The maximum absolute atomic E-state index is 2.60. The minimum atomic E-state index is -2.58. The van der Waals surface area contributed by atoms with Gasteiger partial charge in [-0.3, -0.25) is 0 Å². The zero-order valence-corrected chi connectivity index (χ0v) is 31.5. The van der Waals surface area contributed by atoms with Crippen molar-refractivity contribution < 1.29 is 0 Å². The Labute approximate surface area is 307 Å². The highest BCUT2D eigenvalue weighted by Crippen LogP contribution is 2.35. The van der Waals surface area contributed by atoms with Crippen LogP contribution in [0.5, 0.6) is 0 Å². The summed E-state index contributed by atoms with van der Waals surface area (Å²) in [4.78, 5) is 0. The van der Waals surface area contributed by atoms with Gasteiger partial charge in [0.2, 0.25) is 0 Å². The summed E-state index contributed by atoms with van der Waals surface area (Å²) >= 11 is 1.93. The monoisotopic (exact) mass is 704 g/mol. The highest BCUT2D eigenvalue weighted by atomic mass is 32.1. The molecule has 0 nitrogen and oxygen atoms in total. The molecular weight excluding hydrogens is 665 g/mol. The predicted octanol–water partition coefficient (Wildman–Crippen LogP) is 8.63. The Kier molecular flexibility index (Phi) is 8.49. The largest absolute Gasteiger partial charge is 0.175 e. The van der Waals surface area contributed by atoms with E-state index in [1.54, 1.807) is 10.4 Å². The van der Waals surface area contributed by atoms with Crippen LogP contribution in [0.25, 0.3) is 20.2 Å². The quantitative estimate of drug-likeness (QED) is 0.110. The number of rotatable bonds is 8. The van der Waals surface area contributed by atoms with Crippen molar-refractivity contribution in [3.05, 3.63) is 205 Å². The van der Waals surface area contributed by atoms with Gasteiger partial charge in [0.25, 0.3) is 0 Å². The smallest absolute Gasteiger partial charge is 0.135 e. The molecular formula is C48H40SSi2. The summed E-state index contributed by atoms with van der Waals surface area (Å²) in [7, 11) is -5.15. The molecule has 0 fully saturated rings. The van der Waals surface area contributed by atoms with Crippen LogP contribution in [0.3, 0.4) is 0 Å². The lowest BCUT2D eigenvalue weighted by atomic mass is 10.1. The van der Waals surface area contributed by atoms with E-state index in [1.165, 1.54) is 51.3 Å². The Hall–Kier alpha value is -5.07. The van der Waals surface area contributed by atoms with E-state index in [0.29, 0.717) is 0 Å². The fraction of sp³-hybridized carbons (Fsp3) is 0.0833. The van der Waals surface area contributed by atoms with Gasteiger partial charge in [-0.2, -0.15) is 0 Å². The fourth-order valence-electron chi connectivity index (χ4n) is 8.94. The topological polar surface area (TPSA) is 0 Å². The van der Waals surface area contributed by atoms with Gasteiger partial charge in [-0.05, 0) is 68.9 Å². The minimum absolute atomic E-state index is 1.09. The summed E-state index contributed by atoms with van der Waals surface area (Å²) in [5, 5.41) is 14.7. The van der Waals surface area contributed by atoms with E-state index in [-0.39, 0.29) is 0 Å². The molecule has 3 heteroatoms. The first-order chi connectivity index (χ1) is 25.3. The number of allylic oxidation sites excluding steroid dienone is 8. The zero-order valence-electron chi connectivity index (χ0n) is 28.7. The SMILES string of the molecule is C1=CCCC([Si](c2ccccc2)(c2ccccc2)c2ccc3sc4ccc([Si](C5=CC=CCC5)(c5ccccc5)c5ccccc5)cc4c3c2)=C1. The number of hydrogen-bond acceptors (Lipinski definition) is 1. The number of benzene rings is 6. The molecule has 1 aromatic heterocycles. The molecule has 0 aliphatic heterocycles. The van der Waals surface area contributed by atoms with Crippen molar-refractivity contribution in [3.63, 3.8) is 0 Å². The second-order valence-corrected chi connectivity index (χ2v) is 22.6. The first kappa shape index (κ1) is 31.9. The van der Waals surface area contributed by atoms with Crippen molar-refractivity contribution in [3.8, 4) is 0 Å². The lowest BCUT2D eigenvalue weighted by Crippen LogP contribution is -2.68. The highest BCUT2D eigenvalue weighted by Gasteiger charge is 2.44. The van der Waals surface area contributed by atoms with Gasteiger partial charge in [-0.25, -0.2) is 0 Å². The Bertz CT molecular complexity index is 2200. The summed E-state index contributed by atoms with van der Waals surface area (Å²) in [6, 6.07) is 60.6. The highest BCUT2D eigenvalue weighted by molar-refractivity contribution is 7.26. The third-order valence-corrected chi connectivity index (χ3v) is 22.2. The third-order valence-electron chi connectivity index (χ3n) is 11.2. The number of thiophene rings is 1. The van der Waals surface area contributed by atoms with Crippen molar-refractivity contribution in [2.24, 2.45) is 0 Å². The van der Waals surface area contributed by atoms with Gasteiger partial charge in [0, 0.05) is 20.2 Å². The molecule has 0 bridgehead atoms. The first-order valence-corrected chi connectivity index (χ1v) is 23.0. The lowest BCUT2D eigenvalue weighted by Gasteiger charge is -2.37. The Morgan fingerprint density at radius 2 is 0.725 bits per heavy atom. The van der Waals surface area contributed by atoms with Crippen LogP contribution >= 0.6 is 11.3 Å². The summed E-state index contributed by atoms with van der Waals surface area (Å²) in [5.74, 6) is 0. The molecule has 51 heavy (non-hydrogen) atoms. The molecule has 0 radical (unpaired) electrons. The van der Waals surface area contributed by atoms with Crippen molar-refractivity contribution in [2.45, 2.75) is 25.7 Å². The zero-order chi connectivity index (χ0) is 34.1. The second kappa shape index (κ2) is 13.6. The summed E-state index contributed by atoms with van der Waals surface area (Å²) < 4.78 is 2.72. The van der Waals surface area contributed by atoms with Crippen LogP contribution in [0.2, 0.25) is 0 Å². The van der Waals surface area contributed by atoms with Crippen LogP contribution in [-0.4, -0.2) is 16.1 Å². The van der Waals surface area contributed by atoms with Crippen molar-refractivity contribution in [1.82, 2.24) is 0 Å². The average Bonchev–Trinajstić information content (AvgIpc) is 3.59. The molecule has 7 aromatic rings. The predicted molar refractivity (Wildman–Crippen MR) is 227 cm³/mol. The van der Waals surface area contributed by atoms with Crippen LogP contribution in [0.4, 0.5) is 0 Å². The van der Waals surface area contributed by atoms with Crippen LogP contribution in [0, 0.1) is 0 Å². The maximum atomic E-state index is 2.60. The van der Waals surface area contributed by atoms with Gasteiger partial charge >= 0.3 is 0 Å². The summed E-state index contributed by atoms with van der Waals surface area (Å²) in [6.07, 6.45) is 18.5. The molecule has 0 atom stereocenters. The maximum Gasteiger partial charge on any atom is 0.175 e. The third kappa shape index (κ3) is 5.31. The van der Waals surface area contributed by atoms with Crippen molar-refractivity contribution in [2.75, 3.05) is 0 Å². The minimum Gasteiger partial charge on any atom is -0.135 e. The van der Waals surface area contributed by atoms with Crippen LogP contribution in [0.1, 0.15) is 25.7 Å². The molecule has 0 spiro atoms. The summed E-state index contributed by atoms with van der Waals surface area (Å²) in [5.41, 5.74) is 0. The molecule has 1 heterocycles. The number of hydrogen-bond donors (Lipinski definition) is 0. The molecule has 0 N–H and O–H groups in total. The Morgan fingerprint density at radius 3 is 1.04 bits per heavy atom. The van der Waals surface area contributed by atoms with E-state index in [9.17, 15) is 0 Å². The molecule has 0 unspecified atom stereocenters. The van der Waals surface area contributed by atoms with Gasteiger partial charge in [-0.15, -0.1) is 11.3 Å². The molecule has 246 valence electrons.